The number of fused-ring (bicyclic) bond motifs is 1. The summed E-state index contributed by atoms with van der Waals surface area (Å²) in [6.45, 7) is 0. The average molecular weight is 284 g/mol. The number of H-pyrrole nitrogens is 1. The van der Waals surface area contributed by atoms with Gasteiger partial charge in [0.1, 0.15) is 11.3 Å². The van der Waals surface area contributed by atoms with E-state index in [1.54, 1.807) is 24.3 Å². The first-order chi connectivity index (χ1) is 10.2. The lowest BCUT2D eigenvalue weighted by molar-refractivity contribution is 0.102. The van der Waals surface area contributed by atoms with Gasteiger partial charge in [-0.05, 0) is 37.8 Å². The quantitative estimate of drug-likeness (QED) is 0.790. The van der Waals surface area contributed by atoms with E-state index in [-0.39, 0.29) is 11.3 Å². The maximum atomic E-state index is 12.3. The largest absolute Gasteiger partial charge is 0.507 e. The van der Waals surface area contributed by atoms with Crippen molar-refractivity contribution in [1.29, 1.82) is 0 Å². The third-order valence-electron chi connectivity index (χ3n) is 3.74. The molecule has 21 heavy (non-hydrogen) atoms. The minimum atomic E-state index is -0.590. The van der Waals surface area contributed by atoms with Crippen molar-refractivity contribution in [2.24, 2.45) is 0 Å². The van der Waals surface area contributed by atoms with E-state index in [0.29, 0.717) is 17.7 Å². The number of carbonyl (C=O) groups is 1. The first kappa shape index (κ1) is 13.4. The van der Waals surface area contributed by atoms with Crippen LogP contribution in [0.4, 0.5) is 5.69 Å². The van der Waals surface area contributed by atoms with E-state index in [9.17, 15) is 14.7 Å². The zero-order valence-electron chi connectivity index (χ0n) is 11.5. The number of benzene rings is 1. The summed E-state index contributed by atoms with van der Waals surface area (Å²) in [5.41, 5.74) is 1.28. The lowest BCUT2D eigenvalue weighted by Gasteiger charge is -2.18. The fraction of sp³-hybridized carbons (Fsp3) is 0.250. The zero-order chi connectivity index (χ0) is 14.8. The fourth-order valence-electron chi connectivity index (χ4n) is 2.69. The fourth-order valence-corrected chi connectivity index (χ4v) is 2.69. The first-order valence-corrected chi connectivity index (χ1v) is 7.00. The van der Waals surface area contributed by atoms with E-state index < -0.39 is 11.5 Å². The Labute approximate surface area is 121 Å². The Morgan fingerprint density at radius 3 is 2.62 bits per heavy atom. The van der Waals surface area contributed by atoms with Crippen molar-refractivity contribution in [2.45, 2.75) is 25.7 Å². The lowest BCUT2D eigenvalue weighted by Crippen LogP contribution is -2.26. The molecule has 108 valence electrons. The van der Waals surface area contributed by atoms with Crippen LogP contribution in [0.2, 0.25) is 0 Å². The topological polar surface area (TPSA) is 82.2 Å². The molecule has 1 aliphatic carbocycles. The normalized spacial score (nSPS) is 13.5. The summed E-state index contributed by atoms with van der Waals surface area (Å²) in [7, 11) is 0. The van der Waals surface area contributed by atoms with Gasteiger partial charge in [0.05, 0.1) is 0 Å². The molecule has 0 radical (unpaired) electrons. The van der Waals surface area contributed by atoms with Crippen molar-refractivity contribution < 1.29 is 9.90 Å². The third kappa shape index (κ3) is 2.54. The number of aromatic amines is 1. The van der Waals surface area contributed by atoms with Crippen LogP contribution in [0.25, 0.3) is 0 Å². The zero-order valence-corrected chi connectivity index (χ0v) is 11.5. The average Bonchev–Trinajstić information content (AvgIpc) is 2.48. The number of para-hydroxylation sites is 1. The standard InChI is InChI=1S/C16H16N2O3/c19-14-11-8-4-5-9-12(11)18-16(21)13(14)15(20)17-10-6-2-1-3-7-10/h1-3,6-7H,4-5,8-9H2,(H,17,20)(H2,18,19,21). The number of amides is 1. The highest BCUT2D eigenvalue weighted by Crippen LogP contribution is 2.28. The summed E-state index contributed by atoms with van der Waals surface area (Å²) in [5.74, 6) is -0.768. The van der Waals surface area contributed by atoms with Crippen LogP contribution in [0.3, 0.4) is 0 Å². The summed E-state index contributed by atoms with van der Waals surface area (Å²) >= 11 is 0. The summed E-state index contributed by atoms with van der Waals surface area (Å²) in [6, 6.07) is 8.85. The Kier molecular flexibility index (Phi) is 3.48. The van der Waals surface area contributed by atoms with Gasteiger partial charge in [-0.3, -0.25) is 9.59 Å². The molecule has 3 rings (SSSR count). The maximum absolute atomic E-state index is 12.3. The van der Waals surface area contributed by atoms with Crippen LogP contribution in [-0.4, -0.2) is 16.0 Å². The molecule has 5 nitrogen and oxygen atoms in total. The Hall–Kier alpha value is -2.56. The van der Waals surface area contributed by atoms with Crippen LogP contribution in [-0.2, 0) is 12.8 Å². The van der Waals surface area contributed by atoms with Crippen LogP contribution >= 0.6 is 0 Å². The maximum Gasteiger partial charge on any atom is 0.265 e. The number of pyridine rings is 1. The molecule has 1 aromatic carbocycles. The lowest BCUT2D eigenvalue weighted by atomic mass is 9.93. The number of rotatable bonds is 2. The van der Waals surface area contributed by atoms with E-state index in [0.717, 1.165) is 25.0 Å². The van der Waals surface area contributed by atoms with Crippen molar-refractivity contribution >= 4 is 11.6 Å². The van der Waals surface area contributed by atoms with Crippen molar-refractivity contribution in [3.05, 3.63) is 57.5 Å². The molecule has 0 fully saturated rings. The molecule has 0 unspecified atom stereocenters. The van der Waals surface area contributed by atoms with Gasteiger partial charge in [0, 0.05) is 16.9 Å². The number of aryl methyl sites for hydroxylation is 1. The molecule has 0 atom stereocenters. The SMILES string of the molecule is O=C(Nc1ccccc1)c1c(O)c2c([nH]c1=O)CCCC2. The molecular weight excluding hydrogens is 268 g/mol. The highest BCUT2D eigenvalue weighted by atomic mass is 16.3. The second kappa shape index (κ2) is 5.44. The smallest absolute Gasteiger partial charge is 0.265 e. The molecule has 0 aliphatic heterocycles. The predicted molar refractivity (Wildman–Crippen MR) is 79.8 cm³/mol. The summed E-state index contributed by atoms with van der Waals surface area (Å²) in [6.07, 6.45) is 3.35. The number of nitrogens with one attached hydrogen (secondary N) is 2. The Morgan fingerprint density at radius 2 is 1.86 bits per heavy atom. The van der Waals surface area contributed by atoms with Crippen LogP contribution in [0, 0.1) is 0 Å². The number of aromatic hydroxyl groups is 1. The molecular formula is C16H16N2O3. The number of aromatic nitrogens is 1. The molecule has 0 bridgehead atoms. The van der Waals surface area contributed by atoms with Crippen molar-refractivity contribution in [3.8, 4) is 5.75 Å². The molecule has 1 aliphatic rings. The van der Waals surface area contributed by atoms with Gasteiger partial charge < -0.3 is 15.4 Å². The molecule has 5 heteroatoms. The summed E-state index contributed by atoms with van der Waals surface area (Å²) in [4.78, 5) is 27.0. The second-order valence-corrected chi connectivity index (χ2v) is 5.16. The molecule has 0 spiro atoms. The second-order valence-electron chi connectivity index (χ2n) is 5.16. The van der Waals surface area contributed by atoms with Gasteiger partial charge in [-0.15, -0.1) is 0 Å². The number of hydrogen-bond acceptors (Lipinski definition) is 3. The van der Waals surface area contributed by atoms with Crippen LogP contribution in [0.1, 0.15) is 34.5 Å². The number of anilines is 1. The molecule has 1 aromatic heterocycles. The Morgan fingerprint density at radius 1 is 1.14 bits per heavy atom. The third-order valence-corrected chi connectivity index (χ3v) is 3.74. The minimum absolute atomic E-state index is 0.179. The van der Waals surface area contributed by atoms with Gasteiger partial charge in [-0.25, -0.2) is 0 Å². The molecule has 0 saturated carbocycles. The van der Waals surface area contributed by atoms with Crippen molar-refractivity contribution in [2.75, 3.05) is 5.32 Å². The van der Waals surface area contributed by atoms with Gasteiger partial charge >= 0.3 is 0 Å². The van der Waals surface area contributed by atoms with Crippen LogP contribution < -0.4 is 10.9 Å². The van der Waals surface area contributed by atoms with E-state index in [1.165, 1.54) is 0 Å². The van der Waals surface area contributed by atoms with Gasteiger partial charge in [-0.2, -0.15) is 0 Å². The van der Waals surface area contributed by atoms with Gasteiger partial charge in [0.25, 0.3) is 11.5 Å². The monoisotopic (exact) mass is 284 g/mol. The highest BCUT2D eigenvalue weighted by Gasteiger charge is 2.23. The molecule has 2 aromatic rings. The Bertz CT molecular complexity index is 735. The molecule has 1 heterocycles. The Balaban J connectivity index is 1.98. The number of carbonyl (C=O) groups excluding carboxylic acids is 1. The van der Waals surface area contributed by atoms with Crippen molar-refractivity contribution in [3.63, 3.8) is 0 Å². The molecule has 1 amide bonds. The minimum Gasteiger partial charge on any atom is -0.507 e. The molecule has 0 saturated heterocycles. The van der Waals surface area contributed by atoms with Crippen LogP contribution in [0.5, 0.6) is 5.75 Å². The van der Waals surface area contributed by atoms with E-state index >= 15 is 0 Å². The summed E-state index contributed by atoms with van der Waals surface area (Å²) in [5, 5.41) is 12.9. The van der Waals surface area contributed by atoms with Gasteiger partial charge in [0.2, 0.25) is 0 Å². The van der Waals surface area contributed by atoms with Crippen LogP contribution in [0.15, 0.2) is 35.1 Å². The first-order valence-electron chi connectivity index (χ1n) is 7.00. The van der Waals surface area contributed by atoms with E-state index in [1.807, 2.05) is 6.07 Å². The van der Waals surface area contributed by atoms with Gasteiger partial charge in [-0.1, -0.05) is 18.2 Å². The van der Waals surface area contributed by atoms with E-state index in [4.69, 9.17) is 0 Å². The highest BCUT2D eigenvalue weighted by molar-refractivity contribution is 6.06. The molecule has 3 N–H and O–H groups in total. The van der Waals surface area contributed by atoms with Crippen molar-refractivity contribution in [1.82, 2.24) is 4.98 Å². The number of hydrogen-bond donors (Lipinski definition) is 3. The predicted octanol–water partition coefficient (Wildman–Crippen LogP) is 2.21. The van der Waals surface area contributed by atoms with Gasteiger partial charge in [0.15, 0.2) is 0 Å². The van der Waals surface area contributed by atoms with E-state index in [2.05, 4.69) is 10.3 Å². The summed E-state index contributed by atoms with van der Waals surface area (Å²) < 4.78 is 0.